The Morgan fingerprint density at radius 3 is 2.89 bits per heavy atom. The van der Waals surface area contributed by atoms with Crippen LogP contribution >= 0.6 is 0 Å². The van der Waals surface area contributed by atoms with E-state index in [4.69, 9.17) is 9.15 Å². The van der Waals surface area contributed by atoms with Crippen LogP contribution in [-0.2, 0) is 21.6 Å². The Hall–Kier alpha value is -1.25. The average Bonchev–Trinajstić information content (AvgIpc) is 2.80. The molecule has 102 valence electrons. The van der Waals surface area contributed by atoms with E-state index in [9.17, 15) is 4.79 Å². The highest BCUT2D eigenvalue weighted by Gasteiger charge is 2.69. The summed E-state index contributed by atoms with van der Waals surface area (Å²) < 4.78 is 11.7. The molecule has 4 rings (SSSR count). The molecule has 1 aromatic rings. The second-order valence-corrected chi connectivity index (χ2v) is 6.84. The van der Waals surface area contributed by atoms with Crippen molar-refractivity contribution in [3.8, 4) is 0 Å². The summed E-state index contributed by atoms with van der Waals surface area (Å²) in [5.74, 6) is 1.61. The molecule has 0 aromatic carbocycles. The summed E-state index contributed by atoms with van der Waals surface area (Å²) in [5, 5.41) is 0. The van der Waals surface area contributed by atoms with Gasteiger partial charge < -0.3 is 9.15 Å². The van der Waals surface area contributed by atoms with Crippen LogP contribution < -0.4 is 0 Å². The lowest BCUT2D eigenvalue weighted by Gasteiger charge is -2.51. The van der Waals surface area contributed by atoms with Crippen molar-refractivity contribution >= 4 is 5.97 Å². The van der Waals surface area contributed by atoms with Gasteiger partial charge >= 0.3 is 5.97 Å². The molecule has 0 N–H and O–H groups in total. The van der Waals surface area contributed by atoms with E-state index in [0.717, 1.165) is 36.1 Å². The molecule has 19 heavy (non-hydrogen) atoms. The molecule has 1 saturated carbocycles. The third-order valence-electron chi connectivity index (χ3n) is 6.19. The zero-order valence-electron chi connectivity index (χ0n) is 11.8. The van der Waals surface area contributed by atoms with Gasteiger partial charge in [0.05, 0.1) is 12.2 Å². The average molecular weight is 260 g/mol. The molecule has 3 aliphatic rings. The first kappa shape index (κ1) is 11.6. The number of fused-ring (bicyclic) bond motifs is 2. The lowest BCUT2D eigenvalue weighted by molar-refractivity contribution is -0.153. The van der Waals surface area contributed by atoms with E-state index in [1.807, 2.05) is 6.26 Å². The van der Waals surface area contributed by atoms with Crippen LogP contribution in [0, 0.1) is 24.2 Å². The van der Waals surface area contributed by atoms with Gasteiger partial charge in [0.2, 0.25) is 0 Å². The summed E-state index contributed by atoms with van der Waals surface area (Å²) in [7, 11) is 0. The van der Waals surface area contributed by atoms with Crippen LogP contribution in [0.3, 0.4) is 0 Å². The second-order valence-electron chi connectivity index (χ2n) is 6.84. The molecule has 0 radical (unpaired) electrons. The summed E-state index contributed by atoms with van der Waals surface area (Å²) in [4.78, 5) is 12.4. The Bertz CT molecular complexity index is 573. The molecule has 1 aromatic heterocycles. The van der Waals surface area contributed by atoms with Crippen molar-refractivity contribution in [3.05, 3.63) is 23.2 Å². The van der Waals surface area contributed by atoms with Crippen LogP contribution in [-0.4, -0.2) is 5.97 Å². The minimum absolute atomic E-state index is 0.00292. The maximum Gasteiger partial charge on any atom is 0.310 e. The fourth-order valence-corrected chi connectivity index (χ4v) is 5.07. The van der Waals surface area contributed by atoms with Crippen molar-refractivity contribution in [2.45, 2.75) is 52.1 Å². The number of hydrogen-bond donors (Lipinski definition) is 0. The number of aryl methyl sites for hydroxylation is 1. The number of rotatable bonds is 0. The highest BCUT2D eigenvalue weighted by molar-refractivity contribution is 5.78. The van der Waals surface area contributed by atoms with Crippen LogP contribution in [0.5, 0.6) is 0 Å². The molecule has 3 nitrogen and oxygen atoms in total. The normalized spacial score (nSPS) is 43.6. The molecule has 1 saturated heterocycles. The molecular weight excluding hydrogens is 240 g/mol. The SMILES string of the molecule is Cc1coc2c1C1(C)OC(=O)C3CCCC(C2)C31C. The fourth-order valence-electron chi connectivity index (χ4n) is 5.07. The van der Waals surface area contributed by atoms with Gasteiger partial charge in [0, 0.05) is 17.4 Å². The van der Waals surface area contributed by atoms with Gasteiger partial charge in [-0.25, -0.2) is 0 Å². The molecule has 4 unspecified atom stereocenters. The first-order valence-corrected chi connectivity index (χ1v) is 7.29. The Morgan fingerprint density at radius 2 is 2.11 bits per heavy atom. The lowest BCUT2D eigenvalue weighted by Crippen LogP contribution is -2.52. The van der Waals surface area contributed by atoms with Crippen molar-refractivity contribution in [2.75, 3.05) is 0 Å². The molecular formula is C16H20O3. The highest BCUT2D eigenvalue weighted by Crippen LogP contribution is 2.66. The monoisotopic (exact) mass is 260 g/mol. The van der Waals surface area contributed by atoms with Crippen LogP contribution in [0.25, 0.3) is 0 Å². The second kappa shape index (κ2) is 3.25. The van der Waals surface area contributed by atoms with Crippen LogP contribution in [0.2, 0.25) is 0 Å². The smallest absolute Gasteiger partial charge is 0.310 e. The zero-order valence-corrected chi connectivity index (χ0v) is 11.8. The largest absolute Gasteiger partial charge is 0.469 e. The van der Waals surface area contributed by atoms with Gasteiger partial charge in [-0.1, -0.05) is 13.3 Å². The van der Waals surface area contributed by atoms with E-state index in [1.54, 1.807) is 0 Å². The quantitative estimate of drug-likeness (QED) is 0.672. The van der Waals surface area contributed by atoms with Crippen molar-refractivity contribution in [2.24, 2.45) is 17.3 Å². The Morgan fingerprint density at radius 1 is 1.32 bits per heavy atom. The van der Waals surface area contributed by atoms with Gasteiger partial charge in [0.1, 0.15) is 11.4 Å². The van der Waals surface area contributed by atoms with E-state index in [0.29, 0.717) is 5.92 Å². The van der Waals surface area contributed by atoms with Crippen LogP contribution in [0.4, 0.5) is 0 Å². The molecule has 2 heterocycles. The fraction of sp³-hybridized carbons (Fsp3) is 0.688. The van der Waals surface area contributed by atoms with Crippen molar-refractivity contribution in [1.29, 1.82) is 0 Å². The molecule has 0 bridgehead atoms. The molecule has 2 aliphatic carbocycles. The van der Waals surface area contributed by atoms with Gasteiger partial charge in [-0.05, 0) is 38.2 Å². The van der Waals surface area contributed by atoms with E-state index in [2.05, 4.69) is 20.8 Å². The van der Waals surface area contributed by atoms with Gasteiger partial charge in [-0.2, -0.15) is 0 Å². The summed E-state index contributed by atoms with van der Waals surface area (Å²) in [6.45, 7) is 6.42. The summed E-state index contributed by atoms with van der Waals surface area (Å²) in [5.41, 5.74) is 1.70. The number of carbonyl (C=O) groups is 1. The minimum atomic E-state index is -0.496. The molecule has 0 amide bonds. The zero-order chi connectivity index (χ0) is 13.4. The highest BCUT2D eigenvalue weighted by atomic mass is 16.6. The first-order chi connectivity index (χ1) is 8.98. The Labute approximate surface area is 113 Å². The van der Waals surface area contributed by atoms with E-state index in [1.165, 1.54) is 6.42 Å². The van der Waals surface area contributed by atoms with Gasteiger partial charge in [0.25, 0.3) is 0 Å². The standard InChI is InChI=1S/C16H20O3/c1-9-8-18-12-7-10-5-4-6-11-14(17)19-16(3,13(9)12)15(10,11)2/h8,10-11H,4-7H2,1-3H3. The predicted octanol–water partition coefficient (Wildman–Crippen LogP) is 3.34. The van der Waals surface area contributed by atoms with Gasteiger partial charge in [0.15, 0.2) is 0 Å². The molecule has 0 spiro atoms. The third kappa shape index (κ3) is 1.09. The molecule has 4 atom stereocenters. The van der Waals surface area contributed by atoms with Gasteiger partial charge in [-0.3, -0.25) is 4.79 Å². The Balaban J connectivity index is 2.00. The number of ether oxygens (including phenoxy) is 1. The third-order valence-corrected chi connectivity index (χ3v) is 6.19. The topological polar surface area (TPSA) is 39.4 Å². The molecule has 2 fully saturated rings. The molecule has 1 aliphatic heterocycles. The van der Waals surface area contributed by atoms with E-state index < -0.39 is 5.60 Å². The summed E-state index contributed by atoms with van der Waals surface area (Å²) >= 11 is 0. The van der Waals surface area contributed by atoms with E-state index >= 15 is 0 Å². The summed E-state index contributed by atoms with van der Waals surface area (Å²) in [6, 6.07) is 0. The van der Waals surface area contributed by atoms with Crippen LogP contribution in [0.1, 0.15) is 50.0 Å². The number of carbonyl (C=O) groups excluding carboxylic acids is 1. The van der Waals surface area contributed by atoms with Crippen LogP contribution in [0.15, 0.2) is 10.7 Å². The predicted molar refractivity (Wildman–Crippen MR) is 69.5 cm³/mol. The minimum Gasteiger partial charge on any atom is -0.469 e. The first-order valence-electron chi connectivity index (χ1n) is 7.29. The maximum atomic E-state index is 12.4. The Kier molecular flexibility index (Phi) is 1.98. The number of esters is 1. The number of furan rings is 1. The van der Waals surface area contributed by atoms with Crippen molar-refractivity contribution in [3.63, 3.8) is 0 Å². The summed E-state index contributed by atoms with van der Waals surface area (Å²) in [6.07, 6.45) is 6.07. The lowest BCUT2D eigenvalue weighted by atomic mass is 9.50. The molecule has 3 heteroatoms. The van der Waals surface area contributed by atoms with Crippen molar-refractivity contribution in [1.82, 2.24) is 0 Å². The van der Waals surface area contributed by atoms with Crippen molar-refractivity contribution < 1.29 is 13.9 Å². The number of hydrogen-bond acceptors (Lipinski definition) is 3. The maximum absolute atomic E-state index is 12.4. The van der Waals surface area contributed by atoms with Gasteiger partial charge in [-0.15, -0.1) is 0 Å². The van der Waals surface area contributed by atoms with E-state index in [-0.39, 0.29) is 17.3 Å².